The van der Waals surface area contributed by atoms with Crippen molar-refractivity contribution in [3.8, 4) is 5.69 Å². The molecule has 0 spiro atoms. The first-order valence-electron chi connectivity index (χ1n) is 5.55. The third-order valence-electron chi connectivity index (χ3n) is 2.51. The van der Waals surface area contributed by atoms with Crippen molar-refractivity contribution in [3.63, 3.8) is 0 Å². The monoisotopic (exact) mass is 246 g/mol. The van der Waals surface area contributed by atoms with Crippen LogP contribution in [0, 0.1) is 0 Å². The number of amides is 1. The van der Waals surface area contributed by atoms with Crippen molar-refractivity contribution >= 4 is 5.91 Å². The number of aliphatic hydroxyl groups is 1. The smallest absolute Gasteiger partial charge is 0.272 e. The van der Waals surface area contributed by atoms with E-state index in [0.717, 1.165) is 5.69 Å². The molecule has 0 unspecified atom stereocenters. The minimum atomic E-state index is -0.224. The Balaban J connectivity index is 2.25. The highest BCUT2D eigenvalue weighted by Crippen LogP contribution is 2.08. The van der Waals surface area contributed by atoms with Crippen LogP contribution in [-0.4, -0.2) is 50.9 Å². The van der Waals surface area contributed by atoms with Crippen LogP contribution in [0.15, 0.2) is 36.8 Å². The summed E-state index contributed by atoms with van der Waals surface area (Å²) < 4.78 is 1.66. The highest BCUT2D eigenvalue weighted by Gasteiger charge is 2.13. The van der Waals surface area contributed by atoms with Crippen LogP contribution in [-0.2, 0) is 0 Å². The lowest BCUT2D eigenvalue weighted by atomic mass is 10.3. The summed E-state index contributed by atoms with van der Waals surface area (Å²) in [5, 5.41) is 12.9. The Morgan fingerprint density at radius 3 is 3.00 bits per heavy atom. The maximum atomic E-state index is 12.0. The molecule has 0 radical (unpaired) electrons. The summed E-state index contributed by atoms with van der Waals surface area (Å²) >= 11 is 0. The van der Waals surface area contributed by atoms with E-state index in [-0.39, 0.29) is 19.1 Å². The van der Waals surface area contributed by atoms with Crippen molar-refractivity contribution in [2.24, 2.45) is 0 Å². The van der Waals surface area contributed by atoms with Crippen molar-refractivity contribution in [2.75, 3.05) is 20.2 Å². The molecule has 0 aliphatic rings. The van der Waals surface area contributed by atoms with Crippen LogP contribution in [0.5, 0.6) is 0 Å². The summed E-state index contributed by atoms with van der Waals surface area (Å²) in [7, 11) is 1.63. The van der Waals surface area contributed by atoms with Gasteiger partial charge in [-0.2, -0.15) is 5.10 Å². The predicted molar refractivity (Wildman–Crippen MR) is 65.4 cm³/mol. The number of hydrogen-bond acceptors (Lipinski definition) is 4. The van der Waals surface area contributed by atoms with Crippen LogP contribution < -0.4 is 0 Å². The van der Waals surface area contributed by atoms with Gasteiger partial charge in [0, 0.05) is 32.2 Å². The van der Waals surface area contributed by atoms with Crippen molar-refractivity contribution in [2.45, 2.75) is 0 Å². The Labute approximate surface area is 104 Å². The van der Waals surface area contributed by atoms with Gasteiger partial charge in [0.2, 0.25) is 0 Å². The van der Waals surface area contributed by atoms with Gasteiger partial charge in [0.15, 0.2) is 0 Å². The maximum absolute atomic E-state index is 12.0. The molecular weight excluding hydrogens is 232 g/mol. The molecule has 18 heavy (non-hydrogen) atoms. The summed E-state index contributed by atoms with van der Waals surface area (Å²) in [6.07, 6.45) is 5.03. The van der Waals surface area contributed by atoms with E-state index in [1.54, 1.807) is 48.5 Å². The molecule has 0 bridgehead atoms. The van der Waals surface area contributed by atoms with Crippen LogP contribution in [0.2, 0.25) is 0 Å². The van der Waals surface area contributed by atoms with Gasteiger partial charge in [-0.05, 0) is 18.2 Å². The second kappa shape index (κ2) is 5.42. The first kappa shape index (κ1) is 12.3. The van der Waals surface area contributed by atoms with Crippen LogP contribution >= 0.6 is 0 Å². The maximum Gasteiger partial charge on any atom is 0.272 e. The lowest BCUT2D eigenvalue weighted by Gasteiger charge is -2.15. The predicted octanol–water partition coefficient (Wildman–Crippen LogP) is 0.332. The Kier molecular flexibility index (Phi) is 3.69. The molecule has 1 N–H and O–H groups in total. The molecule has 0 aliphatic heterocycles. The average Bonchev–Trinajstić information content (AvgIpc) is 2.92. The number of aromatic nitrogens is 3. The summed E-state index contributed by atoms with van der Waals surface area (Å²) in [5.74, 6) is -0.224. The molecule has 0 fully saturated rings. The topological polar surface area (TPSA) is 71.2 Å². The fourth-order valence-electron chi connectivity index (χ4n) is 1.55. The molecule has 2 aromatic rings. The van der Waals surface area contributed by atoms with Gasteiger partial charge in [-0.1, -0.05) is 0 Å². The quantitative estimate of drug-likeness (QED) is 0.844. The zero-order valence-corrected chi connectivity index (χ0v) is 10.0. The summed E-state index contributed by atoms with van der Waals surface area (Å²) in [4.78, 5) is 17.4. The van der Waals surface area contributed by atoms with E-state index in [1.165, 1.54) is 4.90 Å². The van der Waals surface area contributed by atoms with E-state index in [2.05, 4.69) is 10.1 Å². The van der Waals surface area contributed by atoms with E-state index in [0.29, 0.717) is 5.69 Å². The van der Waals surface area contributed by atoms with E-state index < -0.39 is 0 Å². The van der Waals surface area contributed by atoms with Gasteiger partial charge in [0.1, 0.15) is 5.69 Å². The van der Waals surface area contributed by atoms with E-state index >= 15 is 0 Å². The first-order chi connectivity index (χ1) is 8.72. The molecule has 0 saturated heterocycles. The molecule has 2 aromatic heterocycles. The molecule has 1 amide bonds. The van der Waals surface area contributed by atoms with Gasteiger partial charge >= 0.3 is 0 Å². The van der Waals surface area contributed by atoms with Crippen LogP contribution in [0.1, 0.15) is 10.5 Å². The normalized spacial score (nSPS) is 10.3. The van der Waals surface area contributed by atoms with Crippen LogP contribution in [0.4, 0.5) is 0 Å². The van der Waals surface area contributed by atoms with Crippen LogP contribution in [0.25, 0.3) is 5.69 Å². The molecule has 0 saturated carbocycles. The molecule has 0 atom stereocenters. The molecular formula is C12H14N4O2. The molecule has 2 heterocycles. The number of carbonyl (C=O) groups is 1. The van der Waals surface area contributed by atoms with Crippen molar-refractivity contribution in [3.05, 3.63) is 42.5 Å². The van der Waals surface area contributed by atoms with Crippen molar-refractivity contribution < 1.29 is 9.90 Å². The zero-order valence-electron chi connectivity index (χ0n) is 10.0. The van der Waals surface area contributed by atoms with Gasteiger partial charge in [0.25, 0.3) is 5.91 Å². The van der Waals surface area contributed by atoms with Crippen molar-refractivity contribution in [1.82, 2.24) is 19.7 Å². The lowest BCUT2D eigenvalue weighted by molar-refractivity contribution is 0.0761. The lowest BCUT2D eigenvalue weighted by Crippen LogP contribution is -2.30. The first-order valence-corrected chi connectivity index (χ1v) is 5.55. The van der Waals surface area contributed by atoms with Gasteiger partial charge in [-0.25, -0.2) is 4.68 Å². The van der Waals surface area contributed by atoms with Crippen molar-refractivity contribution in [1.29, 1.82) is 0 Å². The SMILES string of the molecule is CN(CCO)C(=O)c1cc(-n2cccn2)ccn1. The molecule has 94 valence electrons. The van der Waals surface area contributed by atoms with Gasteiger partial charge in [-0.15, -0.1) is 0 Å². The number of likely N-dealkylation sites (N-methyl/N-ethyl adjacent to an activating group) is 1. The Hall–Kier alpha value is -2.21. The molecule has 6 heteroatoms. The Morgan fingerprint density at radius 2 is 2.33 bits per heavy atom. The third kappa shape index (κ3) is 2.54. The van der Waals surface area contributed by atoms with E-state index in [1.807, 2.05) is 0 Å². The molecule has 2 rings (SSSR count). The highest BCUT2D eigenvalue weighted by molar-refractivity contribution is 5.92. The number of hydrogen-bond donors (Lipinski definition) is 1. The van der Waals surface area contributed by atoms with E-state index in [9.17, 15) is 4.79 Å². The zero-order chi connectivity index (χ0) is 13.0. The largest absolute Gasteiger partial charge is 0.395 e. The van der Waals surface area contributed by atoms with Gasteiger partial charge in [-0.3, -0.25) is 9.78 Å². The summed E-state index contributed by atoms with van der Waals surface area (Å²) in [6, 6.07) is 5.25. The number of rotatable bonds is 4. The van der Waals surface area contributed by atoms with E-state index in [4.69, 9.17) is 5.11 Å². The van der Waals surface area contributed by atoms with Gasteiger partial charge in [0.05, 0.1) is 12.3 Å². The minimum absolute atomic E-state index is 0.0684. The number of pyridine rings is 1. The number of nitrogens with zero attached hydrogens (tertiary/aromatic N) is 4. The standard InChI is InChI=1S/C12H14N4O2/c1-15(7-8-17)12(18)11-9-10(3-5-13-11)16-6-2-4-14-16/h2-6,9,17H,7-8H2,1H3. The fraction of sp³-hybridized carbons (Fsp3) is 0.250. The molecule has 6 nitrogen and oxygen atoms in total. The third-order valence-corrected chi connectivity index (χ3v) is 2.51. The Bertz CT molecular complexity index is 525. The molecule has 0 aliphatic carbocycles. The second-order valence-corrected chi connectivity index (χ2v) is 3.80. The number of aliphatic hydroxyl groups excluding tert-OH is 1. The molecule has 0 aromatic carbocycles. The van der Waals surface area contributed by atoms with Crippen LogP contribution in [0.3, 0.4) is 0 Å². The minimum Gasteiger partial charge on any atom is -0.395 e. The number of carbonyl (C=O) groups excluding carboxylic acids is 1. The summed E-state index contributed by atoms with van der Waals surface area (Å²) in [6.45, 7) is 0.216. The van der Waals surface area contributed by atoms with Gasteiger partial charge < -0.3 is 10.0 Å². The highest BCUT2D eigenvalue weighted by atomic mass is 16.3. The summed E-state index contributed by atoms with van der Waals surface area (Å²) in [5.41, 5.74) is 1.11. The second-order valence-electron chi connectivity index (χ2n) is 3.80. The fourth-order valence-corrected chi connectivity index (χ4v) is 1.55. The Morgan fingerprint density at radius 1 is 1.50 bits per heavy atom. The average molecular weight is 246 g/mol.